The number of hydrogen-bond acceptors (Lipinski definition) is 4. The lowest BCUT2D eigenvalue weighted by Crippen LogP contribution is -2.46. The number of carbonyl (C=O) groups excluding carboxylic acids is 2. The summed E-state index contributed by atoms with van der Waals surface area (Å²) < 4.78 is 1.76. The van der Waals surface area contributed by atoms with E-state index < -0.39 is 6.04 Å². The molecule has 1 saturated carbocycles. The van der Waals surface area contributed by atoms with E-state index in [1.54, 1.807) is 4.68 Å². The zero-order valence-corrected chi connectivity index (χ0v) is 16.5. The van der Waals surface area contributed by atoms with E-state index in [0.717, 1.165) is 24.2 Å². The average Bonchev–Trinajstić information content (AvgIpc) is 3.36. The van der Waals surface area contributed by atoms with E-state index in [1.165, 1.54) is 12.8 Å². The van der Waals surface area contributed by atoms with E-state index in [0.29, 0.717) is 11.7 Å². The molecular formula is C21H29N5O2. The molecule has 0 saturated heterocycles. The number of amides is 2. The molecule has 1 aliphatic rings. The van der Waals surface area contributed by atoms with Gasteiger partial charge in [-0.1, -0.05) is 44.9 Å². The molecule has 1 aromatic heterocycles. The van der Waals surface area contributed by atoms with Crippen LogP contribution in [-0.2, 0) is 9.59 Å². The molecule has 28 heavy (non-hydrogen) atoms. The molecule has 1 fully saturated rings. The summed E-state index contributed by atoms with van der Waals surface area (Å²) >= 11 is 0. The quantitative estimate of drug-likeness (QED) is 0.684. The molecule has 1 atom stereocenters. The van der Waals surface area contributed by atoms with Gasteiger partial charge in [-0.25, -0.2) is 4.68 Å². The Bertz CT molecular complexity index is 809. The summed E-state index contributed by atoms with van der Waals surface area (Å²) in [5.41, 5.74) is 7.70. The molecule has 4 N–H and O–H groups in total. The van der Waals surface area contributed by atoms with Crippen molar-refractivity contribution in [3.05, 3.63) is 42.1 Å². The van der Waals surface area contributed by atoms with Gasteiger partial charge in [-0.15, -0.1) is 0 Å². The molecule has 2 amide bonds. The lowest BCUT2D eigenvalue weighted by Gasteiger charge is -2.15. The maximum absolute atomic E-state index is 12.4. The fourth-order valence-corrected chi connectivity index (χ4v) is 3.45. The van der Waals surface area contributed by atoms with Gasteiger partial charge in [0.15, 0.2) is 0 Å². The third kappa shape index (κ3) is 4.78. The van der Waals surface area contributed by atoms with Gasteiger partial charge in [-0.2, -0.15) is 5.10 Å². The standard InChI is InChI=1S/C21H29N5O2/c1-14(2)20(22)21(28)23-13-19(27)24-18-12-17(15-8-6-7-9-15)25-26(18)16-10-4-3-5-11-16/h3-5,10-12,14-15,20H,6-9,13,22H2,1-2H3,(H,23,28)(H,24,27)/t20-/m0/s1. The van der Waals surface area contributed by atoms with Crippen molar-refractivity contribution in [1.29, 1.82) is 0 Å². The van der Waals surface area contributed by atoms with Crippen molar-refractivity contribution in [3.63, 3.8) is 0 Å². The molecule has 150 valence electrons. The van der Waals surface area contributed by atoms with E-state index in [-0.39, 0.29) is 24.3 Å². The summed E-state index contributed by atoms with van der Waals surface area (Å²) in [7, 11) is 0. The minimum Gasteiger partial charge on any atom is -0.346 e. The Balaban J connectivity index is 1.73. The fraction of sp³-hybridized carbons (Fsp3) is 0.476. The molecule has 0 radical (unpaired) electrons. The second kappa shape index (κ2) is 9.01. The second-order valence-electron chi connectivity index (χ2n) is 7.72. The summed E-state index contributed by atoms with van der Waals surface area (Å²) in [5, 5.41) is 10.2. The van der Waals surface area contributed by atoms with Crippen molar-refractivity contribution in [2.45, 2.75) is 51.5 Å². The predicted molar refractivity (Wildman–Crippen MR) is 109 cm³/mol. The molecule has 1 aromatic carbocycles. The molecule has 7 heteroatoms. The van der Waals surface area contributed by atoms with Gasteiger partial charge in [0.25, 0.3) is 0 Å². The number of hydrogen-bond donors (Lipinski definition) is 3. The number of rotatable bonds is 7. The number of anilines is 1. The van der Waals surface area contributed by atoms with Crippen LogP contribution in [0, 0.1) is 5.92 Å². The fourth-order valence-electron chi connectivity index (χ4n) is 3.45. The van der Waals surface area contributed by atoms with Crippen LogP contribution in [0.1, 0.15) is 51.1 Å². The minimum atomic E-state index is -0.628. The SMILES string of the molecule is CC(C)[C@H](N)C(=O)NCC(=O)Nc1cc(C2CCCC2)nn1-c1ccccc1. The van der Waals surface area contributed by atoms with E-state index in [4.69, 9.17) is 10.8 Å². The Morgan fingerprint density at radius 1 is 1.21 bits per heavy atom. The number of nitrogens with one attached hydrogen (secondary N) is 2. The van der Waals surface area contributed by atoms with Crippen LogP contribution < -0.4 is 16.4 Å². The van der Waals surface area contributed by atoms with Crippen molar-refractivity contribution in [1.82, 2.24) is 15.1 Å². The highest BCUT2D eigenvalue weighted by Gasteiger charge is 2.23. The van der Waals surface area contributed by atoms with Crippen molar-refractivity contribution in [3.8, 4) is 5.69 Å². The molecule has 1 heterocycles. The van der Waals surface area contributed by atoms with Gasteiger partial charge in [0.2, 0.25) is 11.8 Å². The molecule has 0 unspecified atom stereocenters. The summed E-state index contributed by atoms with van der Waals surface area (Å²) in [6, 6.07) is 11.0. The molecule has 1 aliphatic carbocycles. The highest BCUT2D eigenvalue weighted by molar-refractivity contribution is 5.95. The molecule has 7 nitrogen and oxygen atoms in total. The van der Waals surface area contributed by atoms with Crippen LogP contribution in [-0.4, -0.2) is 34.2 Å². The van der Waals surface area contributed by atoms with Crippen LogP contribution in [0.3, 0.4) is 0 Å². The normalized spacial score (nSPS) is 15.6. The average molecular weight is 383 g/mol. The Kier molecular flexibility index (Phi) is 6.46. The monoisotopic (exact) mass is 383 g/mol. The zero-order chi connectivity index (χ0) is 20.1. The number of nitrogens with zero attached hydrogens (tertiary/aromatic N) is 2. The highest BCUT2D eigenvalue weighted by Crippen LogP contribution is 2.35. The molecular weight excluding hydrogens is 354 g/mol. The number of para-hydroxylation sites is 1. The first kappa shape index (κ1) is 20.1. The summed E-state index contributed by atoms with van der Waals surface area (Å²) in [5.74, 6) is 0.425. The molecule has 3 rings (SSSR count). The zero-order valence-electron chi connectivity index (χ0n) is 16.5. The van der Waals surface area contributed by atoms with Crippen LogP contribution in [0.15, 0.2) is 36.4 Å². The Morgan fingerprint density at radius 2 is 1.89 bits per heavy atom. The van der Waals surface area contributed by atoms with Gasteiger partial charge in [0.1, 0.15) is 5.82 Å². The third-order valence-corrected chi connectivity index (χ3v) is 5.21. The predicted octanol–water partition coefficient (Wildman–Crippen LogP) is 2.57. The Morgan fingerprint density at radius 3 is 2.54 bits per heavy atom. The lowest BCUT2D eigenvalue weighted by atomic mass is 10.0. The third-order valence-electron chi connectivity index (χ3n) is 5.21. The lowest BCUT2D eigenvalue weighted by molar-refractivity contribution is -0.125. The molecule has 2 aromatic rings. The Hall–Kier alpha value is -2.67. The second-order valence-corrected chi connectivity index (χ2v) is 7.72. The van der Waals surface area contributed by atoms with Crippen molar-refractivity contribution in [2.24, 2.45) is 11.7 Å². The maximum atomic E-state index is 12.4. The minimum absolute atomic E-state index is 0.0107. The smallest absolute Gasteiger partial charge is 0.244 e. The summed E-state index contributed by atoms with van der Waals surface area (Å²) in [4.78, 5) is 24.4. The van der Waals surface area contributed by atoms with Gasteiger partial charge in [0.05, 0.1) is 24.0 Å². The summed E-state index contributed by atoms with van der Waals surface area (Å²) in [6.07, 6.45) is 4.68. The number of benzene rings is 1. The molecule has 0 spiro atoms. The van der Waals surface area contributed by atoms with Crippen LogP contribution >= 0.6 is 0 Å². The van der Waals surface area contributed by atoms with E-state index >= 15 is 0 Å². The van der Waals surface area contributed by atoms with E-state index in [2.05, 4.69) is 10.6 Å². The number of carbonyl (C=O) groups is 2. The van der Waals surface area contributed by atoms with Crippen LogP contribution in [0.5, 0.6) is 0 Å². The number of aromatic nitrogens is 2. The first-order chi connectivity index (χ1) is 13.5. The largest absolute Gasteiger partial charge is 0.346 e. The molecule has 0 bridgehead atoms. The number of nitrogens with two attached hydrogens (primary N) is 1. The van der Waals surface area contributed by atoms with E-state index in [1.807, 2.05) is 50.2 Å². The van der Waals surface area contributed by atoms with Crippen LogP contribution in [0.2, 0.25) is 0 Å². The highest BCUT2D eigenvalue weighted by atomic mass is 16.2. The van der Waals surface area contributed by atoms with Crippen molar-refractivity contribution < 1.29 is 9.59 Å². The van der Waals surface area contributed by atoms with Gasteiger partial charge in [-0.05, 0) is 30.9 Å². The van der Waals surface area contributed by atoms with Crippen LogP contribution in [0.25, 0.3) is 5.69 Å². The van der Waals surface area contributed by atoms with Crippen molar-refractivity contribution in [2.75, 3.05) is 11.9 Å². The first-order valence-corrected chi connectivity index (χ1v) is 9.94. The van der Waals surface area contributed by atoms with Gasteiger partial charge >= 0.3 is 0 Å². The van der Waals surface area contributed by atoms with Gasteiger partial charge in [-0.3, -0.25) is 9.59 Å². The Labute approximate surface area is 165 Å². The maximum Gasteiger partial charge on any atom is 0.244 e. The first-order valence-electron chi connectivity index (χ1n) is 9.94. The van der Waals surface area contributed by atoms with Gasteiger partial charge in [0, 0.05) is 12.0 Å². The topological polar surface area (TPSA) is 102 Å². The molecule has 0 aliphatic heterocycles. The van der Waals surface area contributed by atoms with E-state index in [9.17, 15) is 9.59 Å². The van der Waals surface area contributed by atoms with Crippen LogP contribution in [0.4, 0.5) is 5.82 Å². The van der Waals surface area contributed by atoms with Crippen molar-refractivity contribution >= 4 is 17.6 Å². The summed E-state index contributed by atoms with van der Waals surface area (Å²) in [6.45, 7) is 3.61. The van der Waals surface area contributed by atoms with Gasteiger partial charge < -0.3 is 16.4 Å².